The van der Waals surface area contributed by atoms with Crippen molar-refractivity contribution in [2.45, 2.75) is 0 Å². The van der Waals surface area contributed by atoms with Gasteiger partial charge in [0.25, 0.3) is 0 Å². The van der Waals surface area contributed by atoms with Gasteiger partial charge in [-0.05, 0) is 0 Å². The first-order valence-corrected chi connectivity index (χ1v) is 2.03. The van der Waals surface area contributed by atoms with Crippen LogP contribution in [0, 0.1) is 0 Å². The third kappa shape index (κ3) is 7.05. The summed E-state index contributed by atoms with van der Waals surface area (Å²) in [5.74, 6) is -0.818. The molecule has 0 saturated carbocycles. The maximum absolute atomic E-state index is 9.69. The topological polar surface area (TPSA) is 26.3 Å². The number of carbonyl (C=O) groups is 1. The molecule has 0 heterocycles. The van der Waals surface area contributed by atoms with E-state index in [4.69, 9.17) is 11.6 Å². The van der Waals surface area contributed by atoms with Gasteiger partial charge in [-0.25, -0.2) is 4.79 Å². The molecule has 0 N–H and O–H groups in total. The molecule has 0 aromatic rings. The van der Waals surface area contributed by atoms with E-state index in [1.807, 2.05) is 0 Å². The second-order valence-corrected chi connectivity index (χ2v) is 1.00. The number of rotatable bonds is 1. The van der Waals surface area contributed by atoms with E-state index >= 15 is 0 Å². The van der Waals surface area contributed by atoms with Gasteiger partial charge in [0.2, 0.25) is 0 Å². The summed E-state index contributed by atoms with van der Waals surface area (Å²) >= 11 is 9.41. The summed E-state index contributed by atoms with van der Waals surface area (Å²) in [6, 6.07) is 0. The van der Waals surface area contributed by atoms with Crippen molar-refractivity contribution in [1.29, 1.82) is 0 Å². The summed E-state index contributed by atoms with van der Waals surface area (Å²) in [6.07, 6.45) is 0. The molecule has 0 radical (unpaired) electrons. The monoisotopic (exact) mass is 152 g/mol. The van der Waals surface area contributed by atoms with Gasteiger partial charge in [0.15, 0.2) is 0 Å². The van der Waals surface area contributed by atoms with Gasteiger partial charge in [0.05, 0.1) is 0 Å². The Balaban J connectivity index is 0. The Morgan fingerprint density at radius 3 is 2.14 bits per heavy atom. The molecule has 7 heavy (non-hydrogen) atoms. The van der Waals surface area contributed by atoms with Gasteiger partial charge in [-0.15, -0.1) is 11.6 Å². The Morgan fingerprint density at radius 1 is 1.71 bits per heavy atom. The van der Waals surface area contributed by atoms with Crippen LogP contribution in [0.3, 0.4) is 0 Å². The maximum atomic E-state index is 9.69. The molecule has 0 amide bonds. The molecule has 0 bridgehead atoms. The van der Waals surface area contributed by atoms with E-state index in [2.05, 4.69) is 16.2 Å². The molecule has 0 saturated heterocycles. The predicted molar refractivity (Wildman–Crippen MR) is 29.8 cm³/mol. The fraction of sp³-hybridized carbons (Fsp3) is 0.500. The summed E-state index contributed by atoms with van der Waals surface area (Å²) in [5.41, 5.74) is 0. The molecule has 0 aliphatic rings. The zero-order chi connectivity index (χ0) is 4.99. The van der Waals surface area contributed by atoms with Gasteiger partial charge in [0.1, 0.15) is 17.7 Å². The van der Waals surface area contributed by atoms with E-state index in [1.165, 1.54) is 0 Å². The molecule has 0 spiro atoms. The third-order valence-corrected chi connectivity index (χ3v) is 0.585. The Kier molecular flexibility index (Phi) is 11.0. The van der Waals surface area contributed by atoms with Crippen molar-refractivity contribution in [2.24, 2.45) is 0 Å². The van der Waals surface area contributed by atoms with Crippen LogP contribution >= 0.6 is 23.5 Å². The number of carbonyl (C=O) groups excluding carboxylic acids is 1. The fourth-order valence-corrected chi connectivity index (χ4v) is 0.186. The number of hydrogen-bond acceptors (Lipinski definition) is 2. The first kappa shape index (κ1) is 10.9. The minimum atomic E-state index is -0.627. The zero-order valence-electron chi connectivity index (χ0n) is 2.78. The van der Waals surface area contributed by atoms with E-state index in [0.717, 1.165) is 0 Å². The Labute approximate surface area is 73.6 Å². The van der Waals surface area contributed by atoms with Gasteiger partial charge >= 0.3 is 35.5 Å². The summed E-state index contributed by atoms with van der Waals surface area (Å²) in [6.45, 7) is 0. The molecule has 38 valence electrons. The molecule has 0 aliphatic carbocycles. The first-order valence-electron chi connectivity index (χ1n) is 1.18. The van der Waals surface area contributed by atoms with Crippen molar-refractivity contribution in [3.8, 4) is 0 Å². The number of alkyl halides is 1. The first-order chi connectivity index (χ1) is 2.81. The van der Waals surface area contributed by atoms with Crippen LogP contribution < -0.4 is 0 Å². The van der Waals surface area contributed by atoms with E-state index in [-0.39, 0.29) is 35.4 Å². The number of hydrogen-bond donors (Lipinski definition) is 0. The molecule has 0 fully saturated rings. The van der Waals surface area contributed by atoms with Crippen molar-refractivity contribution >= 4 is 59.0 Å². The average molecular weight is 153 g/mol. The zero-order valence-corrected chi connectivity index (χ0v) is 4.29. The van der Waals surface area contributed by atoms with Gasteiger partial charge in [-0.1, -0.05) is 0 Å². The van der Waals surface area contributed by atoms with Crippen LogP contribution in [0.5, 0.6) is 0 Å². The van der Waals surface area contributed by atoms with Gasteiger partial charge < -0.3 is 4.29 Å². The Bertz CT molecular complexity index is 51.7. The van der Waals surface area contributed by atoms with E-state index in [1.54, 1.807) is 0 Å². The molecule has 2 nitrogen and oxygen atoms in total. The molecule has 0 atom stereocenters. The molecule has 0 rings (SSSR count). The van der Waals surface area contributed by atoms with Crippen molar-refractivity contribution in [2.75, 3.05) is 5.88 Å². The van der Waals surface area contributed by atoms with E-state index < -0.39 is 5.97 Å². The second kappa shape index (κ2) is 7.05. The van der Waals surface area contributed by atoms with Crippen LogP contribution in [0.2, 0.25) is 0 Å². The minimum absolute atomic E-state index is 0. The molecular weight excluding hydrogens is 150 g/mol. The van der Waals surface area contributed by atoms with Crippen LogP contribution in [-0.4, -0.2) is 41.4 Å². The molecule has 0 unspecified atom stereocenters. The fourth-order valence-electron chi connectivity index (χ4n) is 0.0206. The van der Waals surface area contributed by atoms with E-state index in [0.29, 0.717) is 0 Å². The second-order valence-electron chi connectivity index (χ2n) is 0.583. The summed E-state index contributed by atoms with van der Waals surface area (Å²) in [5, 5.41) is 0. The molecule has 5 heteroatoms. The summed E-state index contributed by atoms with van der Waals surface area (Å²) < 4.78 is 3.60. The normalized spacial score (nSPS) is 6.57. The third-order valence-electron chi connectivity index (χ3n) is 0.195. The SMILES string of the molecule is O=C(CCl)OCl.[NaH]. The van der Waals surface area contributed by atoms with Gasteiger partial charge in [-0.2, -0.15) is 0 Å². The van der Waals surface area contributed by atoms with Crippen molar-refractivity contribution < 1.29 is 9.08 Å². The summed E-state index contributed by atoms with van der Waals surface area (Å²) in [7, 11) is 0. The van der Waals surface area contributed by atoms with Crippen LogP contribution in [0.1, 0.15) is 0 Å². The Morgan fingerprint density at radius 2 is 2.14 bits per heavy atom. The van der Waals surface area contributed by atoms with Crippen LogP contribution in [0.4, 0.5) is 0 Å². The standard InChI is InChI=1S/C2H2Cl2O2.Na.H/c3-1-2(5)6-4;;/h1H2;;. The van der Waals surface area contributed by atoms with E-state index in [9.17, 15) is 4.79 Å². The van der Waals surface area contributed by atoms with Gasteiger partial charge in [0, 0.05) is 0 Å². The van der Waals surface area contributed by atoms with Crippen LogP contribution in [0.15, 0.2) is 0 Å². The van der Waals surface area contributed by atoms with Crippen LogP contribution in [-0.2, 0) is 9.08 Å². The quantitative estimate of drug-likeness (QED) is 0.399. The molecule has 0 aromatic heterocycles. The Hall–Kier alpha value is 1.05. The average Bonchev–Trinajstić information content (AvgIpc) is 1.65. The summed E-state index contributed by atoms with van der Waals surface area (Å²) in [4.78, 5) is 9.69. The molecule has 0 aliphatic heterocycles. The molecular formula is C2H3Cl2NaO2. The molecule has 0 aromatic carbocycles. The number of halogens is 2. The van der Waals surface area contributed by atoms with Crippen molar-refractivity contribution in [3.63, 3.8) is 0 Å². The van der Waals surface area contributed by atoms with Gasteiger partial charge in [-0.3, -0.25) is 0 Å². The van der Waals surface area contributed by atoms with Crippen molar-refractivity contribution in [1.82, 2.24) is 0 Å². The van der Waals surface area contributed by atoms with Crippen molar-refractivity contribution in [3.05, 3.63) is 0 Å². The predicted octanol–water partition coefficient (Wildman–Crippen LogP) is 0.274. The van der Waals surface area contributed by atoms with Crippen LogP contribution in [0.25, 0.3) is 0 Å².